The van der Waals surface area contributed by atoms with Crippen molar-refractivity contribution in [2.45, 2.75) is 11.5 Å². The number of benzene rings is 1. The maximum atomic E-state index is 11.5. The number of nitrogens with two attached hydrogens (primary N) is 1. The molecule has 1 aliphatic rings. The molecule has 3 rings (SSSR count). The Labute approximate surface area is 98.8 Å². The molecule has 0 atom stereocenters. The first-order valence-electron chi connectivity index (χ1n) is 5.18. The molecular formula is C11H11N3O2S. The molecule has 2 N–H and O–H groups in total. The summed E-state index contributed by atoms with van der Waals surface area (Å²) in [5.74, 6) is 0.117. The fourth-order valence-corrected chi connectivity index (χ4v) is 3.61. The van der Waals surface area contributed by atoms with Gasteiger partial charge in [0.05, 0.1) is 34.8 Å². The molecule has 1 aromatic heterocycles. The van der Waals surface area contributed by atoms with E-state index in [1.807, 2.05) is 18.2 Å². The number of sulfone groups is 1. The van der Waals surface area contributed by atoms with Crippen molar-refractivity contribution in [1.29, 1.82) is 0 Å². The number of nitrogens with zero attached hydrogens (tertiary/aromatic N) is 2. The second-order valence-electron chi connectivity index (χ2n) is 4.12. The van der Waals surface area contributed by atoms with Gasteiger partial charge in [0.25, 0.3) is 0 Å². The molecule has 0 radical (unpaired) electrons. The Kier molecular flexibility index (Phi) is 2.03. The summed E-state index contributed by atoms with van der Waals surface area (Å²) >= 11 is 0. The molecule has 88 valence electrons. The summed E-state index contributed by atoms with van der Waals surface area (Å²) in [5, 5.41) is 4.21. The van der Waals surface area contributed by atoms with E-state index in [1.165, 1.54) is 0 Å². The zero-order valence-electron chi connectivity index (χ0n) is 9.00. The summed E-state index contributed by atoms with van der Waals surface area (Å²) in [7, 11) is -3.01. The Bertz CT molecular complexity index is 688. The third kappa shape index (κ3) is 1.61. The topological polar surface area (TPSA) is 78.0 Å². The summed E-state index contributed by atoms with van der Waals surface area (Å²) in [6.07, 6.45) is 1.60. The van der Waals surface area contributed by atoms with Crippen LogP contribution in [0.15, 0.2) is 30.5 Å². The molecule has 0 saturated heterocycles. The quantitative estimate of drug-likeness (QED) is 0.761. The van der Waals surface area contributed by atoms with Gasteiger partial charge < -0.3 is 5.73 Å². The molecule has 0 fully saturated rings. The lowest BCUT2D eigenvalue weighted by Gasteiger charge is -2.07. The third-order valence-electron chi connectivity index (χ3n) is 2.85. The molecule has 1 aromatic carbocycles. The SMILES string of the molecule is Nc1ccccc1-n1ncc2c1CS(=O)(=O)C2. The number of aromatic nitrogens is 2. The van der Waals surface area contributed by atoms with Crippen molar-refractivity contribution in [1.82, 2.24) is 9.78 Å². The Balaban J connectivity index is 2.17. The van der Waals surface area contributed by atoms with Crippen LogP contribution in [0.3, 0.4) is 0 Å². The predicted octanol–water partition coefficient (Wildman–Crippen LogP) is 0.883. The first kappa shape index (κ1) is 10.3. The number of nitrogen functional groups attached to an aromatic ring is 1. The van der Waals surface area contributed by atoms with Crippen LogP contribution >= 0.6 is 0 Å². The van der Waals surface area contributed by atoms with Crippen LogP contribution in [-0.2, 0) is 21.3 Å². The van der Waals surface area contributed by atoms with Crippen molar-refractivity contribution in [2.75, 3.05) is 5.73 Å². The van der Waals surface area contributed by atoms with Crippen molar-refractivity contribution in [3.63, 3.8) is 0 Å². The van der Waals surface area contributed by atoms with Crippen molar-refractivity contribution >= 4 is 15.5 Å². The Morgan fingerprint density at radius 2 is 2.00 bits per heavy atom. The summed E-state index contributed by atoms with van der Waals surface area (Å²) < 4.78 is 24.7. The first-order valence-corrected chi connectivity index (χ1v) is 7.00. The predicted molar refractivity (Wildman–Crippen MR) is 64.3 cm³/mol. The van der Waals surface area contributed by atoms with Gasteiger partial charge >= 0.3 is 0 Å². The second kappa shape index (κ2) is 3.33. The average Bonchev–Trinajstić information content (AvgIpc) is 2.74. The zero-order chi connectivity index (χ0) is 12.0. The molecule has 6 heteroatoms. The zero-order valence-corrected chi connectivity index (χ0v) is 9.81. The Morgan fingerprint density at radius 3 is 2.76 bits per heavy atom. The number of rotatable bonds is 1. The van der Waals surface area contributed by atoms with Gasteiger partial charge in [-0.3, -0.25) is 0 Å². The van der Waals surface area contributed by atoms with Crippen LogP contribution < -0.4 is 5.73 Å². The number of para-hydroxylation sites is 2. The van der Waals surface area contributed by atoms with E-state index in [1.54, 1.807) is 16.9 Å². The molecule has 0 bridgehead atoms. The van der Waals surface area contributed by atoms with Crippen LogP contribution in [0.25, 0.3) is 5.69 Å². The Morgan fingerprint density at radius 1 is 1.24 bits per heavy atom. The lowest BCUT2D eigenvalue weighted by molar-refractivity contribution is 0.596. The van der Waals surface area contributed by atoms with E-state index in [-0.39, 0.29) is 11.5 Å². The molecule has 0 amide bonds. The standard InChI is InChI=1S/C11H11N3O2S/c12-9-3-1-2-4-10(9)14-11-7-17(15,16)6-8(11)5-13-14/h1-5H,6-7,12H2. The lowest BCUT2D eigenvalue weighted by atomic mass is 10.2. The van der Waals surface area contributed by atoms with Crippen LogP contribution in [0.1, 0.15) is 11.3 Å². The second-order valence-corrected chi connectivity index (χ2v) is 6.18. The highest BCUT2D eigenvalue weighted by Gasteiger charge is 2.29. The van der Waals surface area contributed by atoms with Gasteiger partial charge in [-0.2, -0.15) is 5.10 Å². The fraction of sp³-hybridized carbons (Fsp3) is 0.182. The number of hydrogen-bond acceptors (Lipinski definition) is 4. The van der Waals surface area contributed by atoms with Gasteiger partial charge in [0.1, 0.15) is 0 Å². The van der Waals surface area contributed by atoms with Gasteiger partial charge in [-0.25, -0.2) is 13.1 Å². The number of fused-ring (bicyclic) bond motifs is 1. The highest BCUT2D eigenvalue weighted by molar-refractivity contribution is 7.90. The summed E-state index contributed by atoms with van der Waals surface area (Å²) in [6, 6.07) is 7.28. The molecular weight excluding hydrogens is 238 g/mol. The van der Waals surface area contributed by atoms with E-state index in [4.69, 9.17) is 5.73 Å². The normalized spacial score (nSPS) is 16.9. The van der Waals surface area contributed by atoms with Crippen molar-refractivity contribution < 1.29 is 8.42 Å². The van der Waals surface area contributed by atoms with Crippen molar-refractivity contribution in [2.24, 2.45) is 0 Å². The van der Waals surface area contributed by atoms with Crippen molar-refractivity contribution in [3.05, 3.63) is 41.7 Å². The molecule has 0 spiro atoms. The summed E-state index contributed by atoms with van der Waals surface area (Å²) in [6.45, 7) is 0. The minimum absolute atomic E-state index is 0.0384. The van der Waals surface area contributed by atoms with Gasteiger partial charge in [0.2, 0.25) is 0 Å². The van der Waals surface area contributed by atoms with Gasteiger partial charge in [-0.05, 0) is 12.1 Å². The molecule has 0 aliphatic carbocycles. The smallest absolute Gasteiger partial charge is 0.160 e. The molecule has 0 saturated carbocycles. The minimum atomic E-state index is -3.01. The molecule has 1 aliphatic heterocycles. The number of hydrogen-bond donors (Lipinski definition) is 1. The first-order chi connectivity index (χ1) is 8.07. The largest absolute Gasteiger partial charge is 0.397 e. The van der Waals surface area contributed by atoms with E-state index < -0.39 is 9.84 Å². The molecule has 2 heterocycles. The Hall–Kier alpha value is -1.82. The van der Waals surface area contributed by atoms with E-state index in [9.17, 15) is 8.42 Å². The van der Waals surface area contributed by atoms with E-state index in [2.05, 4.69) is 5.10 Å². The highest BCUT2D eigenvalue weighted by atomic mass is 32.2. The van der Waals surface area contributed by atoms with E-state index in [0.29, 0.717) is 5.69 Å². The fourth-order valence-electron chi connectivity index (χ4n) is 2.07. The molecule has 17 heavy (non-hydrogen) atoms. The van der Waals surface area contributed by atoms with E-state index in [0.717, 1.165) is 16.9 Å². The summed E-state index contributed by atoms with van der Waals surface area (Å²) in [5.41, 5.74) is 8.67. The van der Waals surface area contributed by atoms with Gasteiger partial charge in [0.15, 0.2) is 9.84 Å². The molecule has 0 unspecified atom stereocenters. The molecule has 5 nitrogen and oxygen atoms in total. The van der Waals surface area contributed by atoms with Crippen LogP contribution in [0, 0.1) is 0 Å². The maximum Gasteiger partial charge on any atom is 0.160 e. The van der Waals surface area contributed by atoms with Crippen LogP contribution in [0.2, 0.25) is 0 Å². The van der Waals surface area contributed by atoms with Gasteiger partial charge in [-0.1, -0.05) is 12.1 Å². The monoisotopic (exact) mass is 249 g/mol. The minimum Gasteiger partial charge on any atom is -0.397 e. The van der Waals surface area contributed by atoms with Crippen LogP contribution in [0.4, 0.5) is 5.69 Å². The third-order valence-corrected chi connectivity index (χ3v) is 4.32. The van der Waals surface area contributed by atoms with Gasteiger partial charge in [0, 0.05) is 5.56 Å². The van der Waals surface area contributed by atoms with Crippen molar-refractivity contribution in [3.8, 4) is 5.69 Å². The number of anilines is 1. The summed E-state index contributed by atoms with van der Waals surface area (Å²) in [4.78, 5) is 0. The lowest BCUT2D eigenvalue weighted by Crippen LogP contribution is -2.06. The van der Waals surface area contributed by atoms with Crippen LogP contribution in [-0.4, -0.2) is 18.2 Å². The highest BCUT2D eigenvalue weighted by Crippen LogP contribution is 2.28. The maximum absolute atomic E-state index is 11.5. The molecule has 2 aromatic rings. The average molecular weight is 249 g/mol. The van der Waals surface area contributed by atoms with E-state index >= 15 is 0 Å². The van der Waals surface area contributed by atoms with Crippen LogP contribution in [0.5, 0.6) is 0 Å². The van der Waals surface area contributed by atoms with Gasteiger partial charge in [-0.15, -0.1) is 0 Å².